The van der Waals surface area contributed by atoms with E-state index >= 15 is 0 Å². The summed E-state index contributed by atoms with van der Waals surface area (Å²) >= 11 is 12.1. The fraction of sp³-hybridized carbons (Fsp3) is 0.650. The molecule has 1 heterocycles. The maximum Gasteiger partial charge on any atom is 0.190 e. The van der Waals surface area contributed by atoms with Crippen molar-refractivity contribution in [3.63, 3.8) is 0 Å². The van der Waals surface area contributed by atoms with Crippen LogP contribution in [0.3, 0.4) is 0 Å². The van der Waals surface area contributed by atoms with Crippen molar-refractivity contribution < 1.29 is 9.47 Å². The summed E-state index contributed by atoms with van der Waals surface area (Å²) in [5.74, 6) is 1.48. The fourth-order valence-corrected chi connectivity index (χ4v) is 3.48. The number of hydrogen-bond acceptors (Lipinski definition) is 3. The predicted molar refractivity (Wildman–Crippen MR) is 129 cm³/mol. The minimum absolute atomic E-state index is 0. The Labute approximate surface area is 196 Å². The van der Waals surface area contributed by atoms with Crippen molar-refractivity contribution in [3.05, 3.63) is 33.8 Å². The van der Waals surface area contributed by atoms with Gasteiger partial charge in [-0.15, -0.1) is 24.0 Å². The van der Waals surface area contributed by atoms with Crippen LogP contribution in [0.2, 0.25) is 10.0 Å². The maximum absolute atomic E-state index is 6.20. The van der Waals surface area contributed by atoms with Gasteiger partial charge in [0, 0.05) is 56.6 Å². The van der Waals surface area contributed by atoms with Gasteiger partial charge in [-0.2, -0.15) is 0 Å². The number of rotatable bonds is 10. The van der Waals surface area contributed by atoms with Crippen LogP contribution in [0, 0.1) is 5.92 Å². The highest BCUT2D eigenvalue weighted by Gasteiger charge is 2.13. The highest BCUT2D eigenvalue weighted by Crippen LogP contribution is 2.21. The largest absolute Gasteiger partial charge is 0.381 e. The first kappa shape index (κ1) is 25.8. The molecule has 0 aliphatic carbocycles. The minimum Gasteiger partial charge on any atom is -0.381 e. The normalized spacial score (nSPS) is 15.2. The monoisotopic (exact) mass is 543 g/mol. The second-order valence-electron chi connectivity index (χ2n) is 6.75. The smallest absolute Gasteiger partial charge is 0.190 e. The Balaban J connectivity index is 0.00000392. The lowest BCUT2D eigenvalue weighted by atomic mass is 10.0. The summed E-state index contributed by atoms with van der Waals surface area (Å²) < 4.78 is 11.1. The number of halogens is 3. The number of aliphatic imine (C=N–C) groups is 1. The van der Waals surface area contributed by atoms with Crippen LogP contribution in [-0.2, 0) is 15.9 Å². The van der Waals surface area contributed by atoms with E-state index in [-0.39, 0.29) is 24.0 Å². The molecule has 1 aliphatic rings. The summed E-state index contributed by atoms with van der Waals surface area (Å²) in [6, 6.07) is 5.65. The Hall–Kier alpha value is -0.280. The minimum atomic E-state index is 0. The van der Waals surface area contributed by atoms with Crippen molar-refractivity contribution in [1.29, 1.82) is 0 Å². The molecule has 1 saturated heterocycles. The third-order valence-electron chi connectivity index (χ3n) is 4.61. The molecule has 2 rings (SSSR count). The van der Waals surface area contributed by atoms with E-state index in [1.807, 2.05) is 12.1 Å². The molecule has 0 amide bonds. The molecule has 1 aromatic carbocycles. The molecule has 1 aromatic rings. The van der Waals surface area contributed by atoms with E-state index in [9.17, 15) is 0 Å². The third-order valence-corrected chi connectivity index (χ3v) is 5.19. The molecule has 8 heteroatoms. The van der Waals surface area contributed by atoms with Crippen molar-refractivity contribution in [1.82, 2.24) is 10.6 Å². The standard InChI is InChI=1S/C20H31Cl2N3O2.HI/c1-23-20(24-9-2-4-17-5-6-18(21)14-19(17)22)25-10-3-11-27-15-16-7-12-26-13-8-16;/h5-6,14,16H,2-4,7-13,15H2,1H3,(H2,23,24,25);1H. The Bertz CT molecular complexity index is 585. The highest BCUT2D eigenvalue weighted by atomic mass is 127. The average Bonchev–Trinajstić information content (AvgIpc) is 2.68. The molecule has 0 spiro atoms. The van der Waals surface area contributed by atoms with Gasteiger partial charge in [0.25, 0.3) is 0 Å². The van der Waals surface area contributed by atoms with Gasteiger partial charge in [-0.3, -0.25) is 4.99 Å². The first-order valence-electron chi connectivity index (χ1n) is 9.73. The molecule has 0 radical (unpaired) electrons. The fourth-order valence-electron chi connectivity index (χ4n) is 2.97. The molecule has 1 fully saturated rings. The molecule has 1 aliphatic heterocycles. The van der Waals surface area contributed by atoms with Gasteiger partial charge in [-0.05, 0) is 55.7 Å². The van der Waals surface area contributed by atoms with Crippen LogP contribution in [0.4, 0.5) is 0 Å². The Morgan fingerprint density at radius 2 is 1.89 bits per heavy atom. The highest BCUT2D eigenvalue weighted by molar-refractivity contribution is 14.0. The zero-order chi connectivity index (χ0) is 19.3. The first-order valence-corrected chi connectivity index (χ1v) is 10.5. The number of nitrogens with zero attached hydrogens (tertiary/aromatic N) is 1. The number of nitrogens with one attached hydrogen (secondary N) is 2. The predicted octanol–water partition coefficient (Wildman–Crippen LogP) is 4.54. The first-order chi connectivity index (χ1) is 13.2. The summed E-state index contributed by atoms with van der Waals surface area (Å²) in [4.78, 5) is 4.25. The number of ether oxygens (including phenoxy) is 2. The van der Waals surface area contributed by atoms with Crippen molar-refractivity contribution in [3.8, 4) is 0 Å². The van der Waals surface area contributed by atoms with Crippen LogP contribution < -0.4 is 10.6 Å². The summed E-state index contributed by atoms with van der Waals surface area (Å²) in [7, 11) is 1.78. The molecular formula is C20H32Cl2IN3O2. The van der Waals surface area contributed by atoms with E-state index in [2.05, 4.69) is 15.6 Å². The van der Waals surface area contributed by atoms with Gasteiger partial charge in [0.1, 0.15) is 0 Å². The van der Waals surface area contributed by atoms with Crippen molar-refractivity contribution in [2.24, 2.45) is 10.9 Å². The van der Waals surface area contributed by atoms with Crippen LogP contribution in [0.15, 0.2) is 23.2 Å². The number of guanidine groups is 1. The molecule has 5 nitrogen and oxygen atoms in total. The number of aryl methyl sites for hydroxylation is 1. The van der Waals surface area contributed by atoms with Crippen LogP contribution in [0.5, 0.6) is 0 Å². The van der Waals surface area contributed by atoms with E-state index in [4.69, 9.17) is 32.7 Å². The lowest BCUT2D eigenvalue weighted by Gasteiger charge is -2.21. The topological polar surface area (TPSA) is 54.9 Å². The molecule has 0 bridgehead atoms. The Kier molecular flexibility index (Phi) is 14.3. The van der Waals surface area contributed by atoms with E-state index in [1.54, 1.807) is 13.1 Å². The van der Waals surface area contributed by atoms with E-state index in [0.717, 1.165) is 88.2 Å². The molecule has 0 aromatic heterocycles. The van der Waals surface area contributed by atoms with Gasteiger partial charge in [0.15, 0.2) is 5.96 Å². The summed E-state index contributed by atoms with van der Waals surface area (Å²) in [5, 5.41) is 8.05. The molecule has 28 heavy (non-hydrogen) atoms. The molecule has 0 unspecified atom stereocenters. The zero-order valence-electron chi connectivity index (χ0n) is 16.5. The lowest BCUT2D eigenvalue weighted by Crippen LogP contribution is -2.38. The quantitative estimate of drug-likeness (QED) is 0.197. The van der Waals surface area contributed by atoms with Gasteiger partial charge in [0.05, 0.1) is 0 Å². The van der Waals surface area contributed by atoms with Gasteiger partial charge < -0.3 is 20.1 Å². The maximum atomic E-state index is 6.20. The third kappa shape index (κ3) is 10.5. The van der Waals surface area contributed by atoms with E-state index in [0.29, 0.717) is 10.9 Å². The van der Waals surface area contributed by atoms with Crippen molar-refractivity contribution in [2.75, 3.05) is 46.6 Å². The van der Waals surface area contributed by atoms with Gasteiger partial charge >= 0.3 is 0 Å². The van der Waals surface area contributed by atoms with Crippen molar-refractivity contribution >= 4 is 53.1 Å². The van der Waals surface area contributed by atoms with Crippen LogP contribution in [0.1, 0.15) is 31.2 Å². The Morgan fingerprint density at radius 3 is 2.57 bits per heavy atom. The zero-order valence-corrected chi connectivity index (χ0v) is 20.4. The van der Waals surface area contributed by atoms with Crippen LogP contribution in [-0.4, -0.2) is 52.5 Å². The lowest BCUT2D eigenvalue weighted by molar-refractivity contribution is 0.0203. The SMILES string of the molecule is CN=C(NCCCOCC1CCOCC1)NCCCc1ccc(Cl)cc1Cl.I. The average molecular weight is 544 g/mol. The van der Waals surface area contributed by atoms with E-state index < -0.39 is 0 Å². The summed E-state index contributed by atoms with van der Waals surface area (Å²) in [6.45, 7) is 5.05. The molecule has 160 valence electrons. The second-order valence-corrected chi connectivity index (χ2v) is 7.59. The van der Waals surface area contributed by atoms with Crippen molar-refractivity contribution in [2.45, 2.75) is 32.1 Å². The summed E-state index contributed by atoms with van der Waals surface area (Å²) in [6.07, 6.45) is 5.08. The van der Waals surface area contributed by atoms with Crippen LogP contribution >= 0.6 is 47.2 Å². The molecule has 0 saturated carbocycles. The van der Waals surface area contributed by atoms with Crippen LogP contribution in [0.25, 0.3) is 0 Å². The number of hydrogen-bond donors (Lipinski definition) is 2. The summed E-state index contributed by atoms with van der Waals surface area (Å²) in [5.41, 5.74) is 1.12. The van der Waals surface area contributed by atoms with E-state index in [1.165, 1.54) is 0 Å². The second kappa shape index (κ2) is 15.5. The van der Waals surface area contributed by atoms with Gasteiger partial charge in [0.2, 0.25) is 0 Å². The van der Waals surface area contributed by atoms with Gasteiger partial charge in [-0.1, -0.05) is 29.3 Å². The molecule has 2 N–H and O–H groups in total. The molecular weight excluding hydrogens is 512 g/mol. The number of benzene rings is 1. The Morgan fingerprint density at radius 1 is 1.18 bits per heavy atom. The van der Waals surface area contributed by atoms with Gasteiger partial charge in [-0.25, -0.2) is 0 Å². The molecule has 0 atom stereocenters.